The first kappa shape index (κ1) is 22.4. The molecule has 1 heterocycles. The highest BCUT2D eigenvalue weighted by Gasteiger charge is 2.39. The van der Waals surface area contributed by atoms with Crippen LogP contribution in [-0.4, -0.2) is 48.3 Å². The van der Waals surface area contributed by atoms with Crippen molar-refractivity contribution in [1.82, 2.24) is 20.6 Å². The Morgan fingerprint density at radius 1 is 1.29 bits per heavy atom. The lowest BCUT2D eigenvalue weighted by Crippen LogP contribution is -2.23. The molecule has 0 aromatic carbocycles. The number of nitrogens with zero attached hydrogens (tertiary/aromatic N) is 3. The minimum absolute atomic E-state index is 0.101. The molecule has 0 aliphatic heterocycles. The smallest absolute Gasteiger partial charge is 0.174 e. The van der Waals surface area contributed by atoms with Crippen LogP contribution >= 0.6 is 0 Å². The molecule has 4 unspecified atom stereocenters. The number of aromatic nitrogens is 4. The fourth-order valence-electron chi connectivity index (χ4n) is 3.69. The molecule has 0 saturated heterocycles. The highest BCUT2D eigenvalue weighted by molar-refractivity contribution is 5.84. The van der Waals surface area contributed by atoms with Gasteiger partial charge in [-0.2, -0.15) is 5.21 Å². The summed E-state index contributed by atoms with van der Waals surface area (Å²) in [7, 11) is 0. The molecule has 0 amide bonds. The molecule has 156 valence electrons. The van der Waals surface area contributed by atoms with Crippen LogP contribution in [0.4, 0.5) is 0 Å². The van der Waals surface area contributed by atoms with Crippen molar-refractivity contribution in [1.29, 1.82) is 0 Å². The van der Waals surface area contributed by atoms with Crippen molar-refractivity contribution in [2.75, 3.05) is 0 Å². The van der Waals surface area contributed by atoms with Crippen LogP contribution in [0.25, 0.3) is 0 Å². The highest BCUT2D eigenvalue weighted by atomic mass is 16.3. The van der Waals surface area contributed by atoms with Crippen molar-refractivity contribution in [3.63, 3.8) is 0 Å². The van der Waals surface area contributed by atoms with Crippen LogP contribution in [0.15, 0.2) is 24.3 Å². The molecule has 0 spiro atoms. The van der Waals surface area contributed by atoms with E-state index in [2.05, 4.69) is 33.6 Å². The van der Waals surface area contributed by atoms with Crippen LogP contribution in [0.2, 0.25) is 0 Å². The molecule has 1 aliphatic rings. The van der Waals surface area contributed by atoms with Gasteiger partial charge in [0.1, 0.15) is 5.78 Å². The number of carbonyl (C=O) groups excluding carboxylic acids is 1. The fraction of sp³-hybridized carbons (Fsp3) is 0.714. The van der Waals surface area contributed by atoms with Crippen molar-refractivity contribution in [3.8, 4) is 0 Å². The second-order valence-corrected chi connectivity index (χ2v) is 8.02. The summed E-state index contributed by atoms with van der Waals surface area (Å²) >= 11 is 0. The number of Topliss-reactive ketones (excluding diaryl/α,β-unsaturated/α-hetero) is 1. The van der Waals surface area contributed by atoms with E-state index in [0.717, 1.165) is 38.5 Å². The summed E-state index contributed by atoms with van der Waals surface area (Å²) in [5, 5.41) is 34.6. The number of rotatable bonds is 12. The number of hydrogen-bond donors (Lipinski definition) is 3. The largest absolute Gasteiger partial charge is 0.392 e. The van der Waals surface area contributed by atoms with E-state index in [1.807, 2.05) is 12.2 Å². The Balaban J connectivity index is 1.82. The summed E-state index contributed by atoms with van der Waals surface area (Å²) < 4.78 is 0. The number of carbonyl (C=O) groups is 1. The zero-order chi connectivity index (χ0) is 20.4. The maximum Gasteiger partial charge on any atom is 0.174 e. The Labute approximate surface area is 167 Å². The molecule has 1 fully saturated rings. The van der Waals surface area contributed by atoms with Crippen LogP contribution in [0, 0.1) is 11.8 Å². The van der Waals surface area contributed by atoms with Gasteiger partial charge in [-0.15, -0.1) is 10.2 Å². The minimum Gasteiger partial charge on any atom is -0.392 e. The Kier molecular flexibility index (Phi) is 8.99. The molecular formula is C21H34N4O3. The van der Waals surface area contributed by atoms with Gasteiger partial charge in [0, 0.05) is 24.7 Å². The number of unbranched alkanes of at least 4 members (excludes halogenated alkanes) is 3. The number of ketones is 1. The lowest BCUT2D eigenvalue weighted by atomic mass is 9.88. The Bertz CT molecular complexity index is 640. The van der Waals surface area contributed by atoms with E-state index < -0.39 is 11.7 Å². The van der Waals surface area contributed by atoms with E-state index in [0.29, 0.717) is 18.7 Å². The third-order valence-electron chi connectivity index (χ3n) is 5.41. The molecule has 28 heavy (non-hydrogen) atoms. The zero-order valence-electron chi connectivity index (χ0n) is 17.0. The Morgan fingerprint density at radius 3 is 2.82 bits per heavy atom. The summed E-state index contributed by atoms with van der Waals surface area (Å²) in [5.41, 5.74) is -0.893. The lowest BCUT2D eigenvalue weighted by molar-refractivity contribution is -0.121. The van der Waals surface area contributed by atoms with Crippen LogP contribution in [0.5, 0.6) is 0 Å². The van der Waals surface area contributed by atoms with Crippen molar-refractivity contribution in [3.05, 3.63) is 30.1 Å². The first-order chi connectivity index (χ1) is 13.4. The van der Waals surface area contributed by atoms with Crippen molar-refractivity contribution in [2.24, 2.45) is 11.8 Å². The van der Waals surface area contributed by atoms with Gasteiger partial charge in [0.05, 0.1) is 11.7 Å². The number of hydrogen-bond acceptors (Lipinski definition) is 6. The molecule has 2 rings (SSSR count). The summed E-state index contributed by atoms with van der Waals surface area (Å²) in [6.45, 7) is 3.93. The number of aliphatic hydroxyl groups is 2. The van der Waals surface area contributed by atoms with E-state index in [1.54, 1.807) is 13.0 Å². The molecule has 1 aromatic heterocycles. The Morgan fingerprint density at radius 2 is 2.11 bits per heavy atom. The van der Waals surface area contributed by atoms with Gasteiger partial charge in [-0.3, -0.25) is 4.79 Å². The summed E-state index contributed by atoms with van der Waals surface area (Å²) in [6.07, 6.45) is 14.3. The quantitative estimate of drug-likeness (QED) is 0.374. The molecule has 1 aromatic rings. The van der Waals surface area contributed by atoms with Gasteiger partial charge in [0.25, 0.3) is 0 Å². The Hall–Kier alpha value is -1.86. The average Bonchev–Trinajstić information content (AvgIpc) is 3.24. The van der Waals surface area contributed by atoms with E-state index in [4.69, 9.17) is 0 Å². The molecule has 0 bridgehead atoms. The van der Waals surface area contributed by atoms with Gasteiger partial charge in [-0.05, 0) is 32.6 Å². The SMILES string of the molecule is CCCCCC(C)(O)C=CC1C(O)CC(=O)C1C/C=C\CCCc1nn[nH]n1. The predicted molar refractivity (Wildman–Crippen MR) is 107 cm³/mol. The van der Waals surface area contributed by atoms with Gasteiger partial charge in [0.2, 0.25) is 0 Å². The normalized spacial score (nSPS) is 25.1. The first-order valence-electron chi connectivity index (χ1n) is 10.4. The molecule has 0 radical (unpaired) electrons. The number of nitrogens with one attached hydrogen (secondary N) is 1. The third-order valence-corrected chi connectivity index (χ3v) is 5.41. The van der Waals surface area contributed by atoms with Crippen LogP contribution < -0.4 is 0 Å². The molecule has 3 N–H and O–H groups in total. The number of aromatic amines is 1. The molecule has 7 nitrogen and oxygen atoms in total. The second kappa shape index (κ2) is 11.2. The van der Waals surface area contributed by atoms with E-state index >= 15 is 0 Å². The van der Waals surface area contributed by atoms with Crippen LogP contribution in [0.1, 0.15) is 71.0 Å². The van der Waals surface area contributed by atoms with Gasteiger partial charge >= 0.3 is 0 Å². The number of tetrazole rings is 1. The number of H-pyrrole nitrogens is 1. The summed E-state index contributed by atoms with van der Waals surface area (Å²) in [4.78, 5) is 12.3. The molecule has 4 atom stereocenters. The topological polar surface area (TPSA) is 112 Å². The van der Waals surface area contributed by atoms with Crippen molar-refractivity contribution in [2.45, 2.75) is 83.3 Å². The third kappa shape index (κ3) is 7.28. The van der Waals surface area contributed by atoms with E-state index in [1.165, 1.54) is 0 Å². The average molecular weight is 391 g/mol. The number of aliphatic hydroxyl groups excluding tert-OH is 1. The van der Waals surface area contributed by atoms with Crippen LogP contribution in [-0.2, 0) is 11.2 Å². The van der Waals surface area contributed by atoms with Crippen molar-refractivity contribution < 1.29 is 15.0 Å². The van der Waals surface area contributed by atoms with Gasteiger partial charge in [0.15, 0.2) is 5.82 Å². The lowest BCUT2D eigenvalue weighted by Gasteiger charge is -2.21. The maximum atomic E-state index is 12.3. The van der Waals surface area contributed by atoms with Crippen molar-refractivity contribution >= 4 is 5.78 Å². The van der Waals surface area contributed by atoms with Gasteiger partial charge in [-0.1, -0.05) is 55.7 Å². The van der Waals surface area contributed by atoms with E-state index in [-0.39, 0.29) is 24.0 Å². The van der Waals surface area contributed by atoms with Gasteiger partial charge < -0.3 is 10.2 Å². The van der Waals surface area contributed by atoms with E-state index in [9.17, 15) is 15.0 Å². The molecule has 1 saturated carbocycles. The van der Waals surface area contributed by atoms with Crippen LogP contribution in [0.3, 0.4) is 0 Å². The minimum atomic E-state index is -0.893. The highest BCUT2D eigenvalue weighted by Crippen LogP contribution is 2.34. The zero-order valence-corrected chi connectivity index (χ0v) is 17.0. The summed E-state index contributed by atoms with van der Waals surface area (Å²) in [6, 6.07) is 0. The molecule has 7 heteroatoms. The molecular weight excluding hydrogens is 356 g/mol. The van der Waals surface area contributed by atoms with Gasteiger partial charge in [-0.25, -0.2) is 0 Å². The maximum absolute atomic E-state index is 12.3. The molecule has 1 aliphatic carbocycles. The predicted octanol–water partition coefficient (Wildman–Crippen LogP) is 2.92. The number of aryl methyl sites for hydroxylation is 1. The monoisotopic (exact) mass is 390 g/mol. The number of allylic oxidation sites excluding steroid dienone is 2. The fourth-order valence-corrected chi connectivity index (χ4v) is 3.69. The summed E-state index contributed by atoms with van der Waals surface area (Å²) in [5.74, 6) is 0.364. The standard InChI is InChI=1S/C21H34N4O3/c1-3-4-9-13-21(2,28)14-12-17-16(18(26)15-19(17)27)10-7-5-6-8-11-20-22-24-25-23-20/h5,7,12,14,16-17,19,27-28H,3-4,6,8-11,13,15H2,1-2H3,(H,22,23,24,25)/b7-5-,14-12?. The first-order valence-corrected chi connectivity index (χ1v) is 10.4. The second-order valence-electron chi connectivity index (χ2n) is 8.02.